The Hall–Kier alpha value is -0.890. The van der Waals surface area contributed by atoms with E-state index in [0.29, 0.717) is 31.2 Å². The van der Waals surface area contributed by atoms with E-state index in [1.54, 1.807) is 20.1 Å². The average Bonchev–Trinajstić information content (AvgIpc) is 3.09. The third kappa shape index (κ3) is 3.96. The van der Waals surface area contributed by atoms with Crippen LogP contribution in [0.3, 0.4) is 0 Å². The minimum atomic E-state index is -1.20. The number of aryl methyl sites for hydroxylation is 1. The van der Waals surface area contributed by atoms with Gasteiger partial charge in [-0.25, -0.2) is 4.98 Å². The van der Waals surface area contributed by atoms with E-state index in [4.69, 9.17) is 9.47 Å². The zero-order valence-electron chi connectivity index (χ0n) is 13.9. The predicted molar refractivity (Wildman–Crippen MR) is 76.6 cm³/mol. The number of aromatic nitrogens is 2. The van der Waals surface area contributed by atoms with Crippen LogP contribution in [0.25, 0.3) is 0 Å². The molecule has 1 aromatic rings. The van der Waals surface area contributed by atoms with Crippen LogP contribution in [0.15, 0.2) is 6.07 Å². The molecule has 0 spiro atoms. The van der Waals surface area contributed by atoms with E-state index in [9.17, 15) is 9.90 Å². The number of hydrogen-bond donors (Lipinski definition) is 0. The fraction of sp³-hybridized carbons (Fsp3) is 0.667. The maximum absolute atomic E-state index is 11.1. The second-order valence-corrected chi connectivity index (χ2v) is 5.94. The molecule has 0 unspecified atom stereocenters. The van der Waals surface area contributed by atoms with Gasteiger partial charge in [0.2, 0.25) is 5.88 Å². The van der Waals surface area contributed by atoms with Crippen molar-refractivity contribution in [2.75, 3.05) is 25.2 Å². The van der Waals surface area contributed by atoms with Crippen molar-refractivity contribution in [2.24, 2.45) is 0 Å². The molecule has 0 N–H and O–H groups in total. The number of hydrogen-bond acceptors (Lipinski definition) is 7. The number of carbonyl (C=O) groups is 1. The standard InChI is InChI=1S/C15H21N3O4.Na/c1-10-16-12(18-7-3-4-11(18)9-21-2)8-13(17-10)22-15(5-6-15)14(19)20;/h8,11H,3-7,9H2,1-2H3,(H,19,20);/q;+1/p-1/t11-;/m0./s1. The van der Waals surface area contributed by atoms with Gasteiger partial charge >= 0.3 is 29.6 Å². The molecule has 0 radical (unpaired) electrons. The second-order valence-electron chi connectivity index (χ2n) is 5.94. The summed E-state index contributed by atoms with van der Waals surface area (Å²) < 4.78 is 10.8. The second kappa shape index (κ2) is 7.34. The average molecular weight is 329 g/mol. The van der Waals surface area contributed by atoms with E-state index in [2.05, 4.69) is 14.9 Å². The summed E-state index contributed by atoms with van der Waals surface area (Å²) in [6.07, 6.45) is 3.06. The fourth-order valence-corrected chi connectivity index (χ4v) is 2.89. The van der Waals surface area contributed by atoms with Gasteiger partial charge in [0.05, 0.1) is 18.6 Å². The summed E-state index contributed by atoms with van der Waals surface area (Å²) in [6.45, 7) is 3.31. The molecule has 1 aliphatic carbocycles. The molecular formula is C15H20N3NaO4. The number of aliphatic carboxylic acids is 1. The van der Waals surface area contributed by atoms with Crippen molar-refractivity contribution in [3.8, 4) is 5.88 Å². The Balaban J connectivity index is 0.00000192. The molecule has 1 aliphatic heterocycles. The first-order valence-electron chi connectivity index (χ1n) is 7.56. The van der Waals surface area contributed by atoms with Gasteiger partial charge in [0.1, 0.15) is 11.6 Å². The Morgan fingerprint density at radius 1 is 1.48 bits per heavy atom. The predicted octanol–water partition coefficient (Wildman–Crippen LogP) is -2.93. The summed E-state index contributed by atoms with van der Waals surface area (Å²) in [6, 6.07) is 1.99. The Bertz CT molecular complexity index is 580. The van der Waals surface area contributed by atoms with Crippen molar-refractivity contribution in [1.82, 2.24) is 9.97 Å². The molecule has 7 nitrogen and oxygen atoms in total. The van der Waals surface area contributed by atoms with Crippen LogP contribution in [0.2, 0.25) is 0 Å². The Morgan fingerprint density at radius 2 is 2.22 bits per heavy atom. The Kier molecular flexibility index (Phi) is 5.89. The van der Waals surface area contributed by atoms with Gasteiger partial charge < -0.3 is 24.3 Å². The van der Waals surface area contributed by atoms with Crippen molar-refractivity contribution in [2.45, 2.75) is 44.2 Å². The van der Waals surface area contributed by atoms with E-state index < -0.39 is 11.6 Å². The first kappa shape index (κ1) is 18.4. The van der Waals surface area contributed by atoms with E-state index in [1.807, 2.05) is 0 Å². The number of nitrogens with zero attached hydrogens (tertiary/aromatic N) is 3. The molecule has 1 saturated heterocycles. The molecule has 0 aromatic carbocycles. The van der Waals surface area contributed by atoms with E-state index in [1.165, 1.54) is 0 Å². The van der Waals surface area contributed by atoms with Crippen molar-refractivity contribution < 1.29 is 48.9 Å². The molecule has 120 valence electrons. The van der Waals surface area contributed by atoms with Crippen LogP contribution in [0, 0.1) is 6.92 Å². The van der Waals surface area contributed by atoms with E-state index in [0.717, 1.165) is 25.2 Å². The van der Waals surface area contributed by atoms with Crippen molar-refractivity contribution >= 4 is 11.8 Å². The van der Waals surface area contributed by atoms with E-state index >= 15 is 0 Å². The number of carboxylic acids is 1. The van der Waals surface area contributed by atoms with Crippen LogP contribution in [-0.2, 0) is 9.53 Å². The Morgan fingerprint density at radius 3 is 2.83 bits per heavy atom. The zero-order valence-corrected chi connectivity index (χ0v) is 15.9. The van der Waals surface area contributed by atoms with Gasteiger partial charge in [0, 0.05) is 19.7 Å². The molecule has 1 aromatic heterocycles. The van der Waals surface area contributed by atoms with Crippen LogP contribution in [0.5, 0.6) is 5.88 Å². The van der Waals surface area contributed by atoms with Crippen molar-refractivity contribution in [1.29, 1.82) is 0 Å². The van der Waals surface area contributed by atoms with Gasteiger partial charge in [0.25, 0.3) is 0 Å². The maximum atomic E-state index is 11.1. The minimum Gasteiger partial charge on any atom is -0.546 e. The number of methoxy groups -OCH3 is 1. The quantitative estimate of drug-likeness (QED) is 0.516. The third-order valence-corrected chi connectivity index (χ3v) is 4.21. The normalized spacial score (nSPS) is 21.7. The smallest absolute Gasteiger partial charge is 0.546 e. The van der Waals surface area contributed by atoms with Crippen LogP contribution in [0.1, 0.15) is 31.5 Å². The number of carboxylic acid groups (broad SMARTS) is 1. The topological polar surface area (TPSA) is 87.6 Å². The van der Waals surface area contributed by atoms with Gasteiger partial charge in [-0.3, -0.25) is 0 Å². The molecule has 1 saturated carbocycles. The van der Waals surface area contributed by atoms with Crippen LogP contribution in [0.4, 0.5) is 5.82 Å². The molecule has 0 amide bonds. The summed E-state index contributed by atoms with van der Waals surface area (Å²) in [5.41, 5.74) is -1.20. The van der Waals surface area contributed by atoms with Gasteiger partial charge in [0.15, 0.2) is 5.60 Å². The van der Waals surface area contributed by atoms with Gasteiger partial charge in [-0.1, -0.05) is 0 Å². The van der Waals surface area contributed by atoms with Crippen LogP contribution >= 0.6 is 0 Å². The molecule has 23 heavy (non-hydrogen) atoms. The molecule has 3 rings (SSSR count). The van der Waals surface area contributed by atoms with Gasteiger partial charge in [-0.15, -0.1) is 0 Å². The summed E-state index contributed by atoms with van der Waals surface area (Å²) in [5, 5.41) is 11.1. The summed E-state index contributed by atoms with van der Waals surface area (Å²) in [4.78, 5) is 22.0. The Labute approximate surface area is 157 Å². The van der Waals surface area contributed by atoms with Gasteiger partial charge in [-0.2, -0.15) is 4.98 Å². The largest absolute Gasteiger partial charge is 1.00 e. The van der Waals surface area contributed by atoms with Crippen molar-refractivity contribution in [3.63, 3.8) is 0 Å². The number of ether oxygens (including phenoxy) is 2. The molecule has 1 atom stereocenters. The summed E-state index contributed by atoms with van der Waals surface area (Å²) >= 11 is 0. The van der Waals surface area contributed by atoms with Crippen LogP contribution < -0.4 is 44.3 Å². The maximum Gasteiger partial charge on any atom is 1.00 e. The van der Waals surface area contributed by atoms with Crippen LogP contribution in [-0.4, -0.2) is 47.8 Å². The minimum absolute atomic E-state index is 0. The van der Waals surface area contributed by atoms with E-state index in [-0.39, 0.29) is 35.6 Å². The molecular weight excluding hydrogens is 309 g/mol. The molecule has 2 heterocycles. The first-order valence-corrected chi connectivity index (χ1v) is 7.56. The molecule has 2 aliphatic rings. The number of anilines is 1. The summed E-state index contributed by atoms with van der Waals surface area (Å²) in [7, 11) is 1.69. The monoisotopic (exact) mass is 329 g/mol. The third-order valence-electron chi connectivity index (χ3n) is 4.21. The van der Waals surface area contributed by atoms with Gasteiger partial charge in [-0.05, 0) is 32.6 Å². The van der Waals surface area contributed by atoms with Crippen molar-refractivity contribution in [3.05, 3.63) is 11.9 Å². The number of carbonyl (C=O) groups excluding carboxylic acids is 1. The summed E-state index contributed by atoms with van der Waals surface area (Å²) in [5.74, 6) is 0.442. The zero-order chi connectivity index (χ0) is 15.7. The molecule has 2 fully saturated rings. The molecule has 0 bridgehead atoms. The molecule has 8 heteroatoms. The number of rotatable bonds is 6. The first-order chi connectivity index (χ1) is 10.5. The fourth-order valence-electron chi connectivity index (χ4n) is 2.89. The SMILES string of the molecule is COC[C@@H]1CCCN1c1cc(OC2(C(=O)[O-])CC2)nc(C)n1.[Na+].